The molecule has 5 heteroatoms. The molecule has 18 heavy (non-hydrogen) atoms. The number of hydrogen-bond acceptors (Lipinski definition) is 5. The Morgan fingerprint density at radius 2 is 2.17 bits per heavy atom. The van der Waals surface area contributed by atoms with E-state index < -0.39 is 0 Å². The summed E-state index contributed by atoms with van der Waals surface area (Å²) in [6, 6.07) is 0.599. The van der Waals surface area contributed by atoms with Crippen molar-refractivity contribution in [3.8, 4) is 0 Å². The van der Waals surface area contributed by atoms with Crippen molar-refractivity contribution in [2.75, 3.05) is 52.6 Å². The molecule has 4 nitrogen and oxygen atoms in total. The molecule has 2 heterocycles. The highest BCUT2D eigenvalue weighted by atomic mass is 32.2. The van der Waals surface area contributed by atoms with E-state index >= 15 is 0 Å². The van der Waals surface area contributed by atoms with E-state index in [9.17, 15) is 0 Å². The number of piperazine rings is 1. The first kappa shape index (κ1) is 14.2. The Morgan fingerprint density at radius 1 is 1.39 bits per heavy atom. The van der Waals surface area contributed by atoms with Gasteiger partial charge < -0.3 is 10.2 Å². The highest BCUT2D eigenvalue weighted by Gasteiger charge is 2.25. The van der Waals surface area contributed by atoms with Crippen LogP contribution in [0.15, 0.2) is 4.99 Å². The van der Waals surface area contributed by atoms with Crippen molar-refractivity contribution in [3.63, 3.8) is 0 Å². The van der Waals surface area contributed by atoms with Gasteiger partial charge in [0.15, 0.2) is 5.17 Å². The number of nitrogens with one attached hydrogen (secondary N) is 1. The van der Waals surface area contributed by atoms with E-state index in [1.54, 1.807) is 0 Å². The molecule has 2 rings (SSSR count). The van der Waals surface area contributed by atoms with Crippen LogP contribution in [-0.4, -0.2) is 73.6 Å². The fourth-order valence-electron chi connectivity index (χ4n) is 2.27. The molecule has 0 spiro atoms. The minimum Gasteiger partial charge on any atom is -0.363 e. The summed E-state index contributed by atoms with van der Waals surface area (Å²) in [5.41, 5.74) is 0.359. The van der Waals surface area contributed by atoms with E-state index in [0.29, 0.717) is 11.5 Å². The summed E-state index contributed by atoms with van der Waals surface area (Å²) < 4.78 is 0. The first-order chi connectivity index (χ1) is 8.46. The van der Waals surface area contributed by atoms with Crippen LogP contribution >= 0.6 is 11.8 Å². The van der Waals surface area contributed by atoms with Crippen LogP contribution in [0, 0.1) is 5.41 Å². The molecule has 0 aromatic carbocycles. The second-order valence-corrected chi connectivity index (χ2v) is 7.32. The molecule has 0 bridgehead atoms. The SMILES string of the molecule is CN1CCN(C)C(CNC2=NCC(C)(C)CS2)C1. The second-order valence-electron chi connectivity index (χ2n) is 6.35. The lowest BCUT2D eigenvalue weighted by Crippen LogP contribution is -2.54. The van der Waals surface area contributed by atoms with E-state index in [1.165, 1.54) is 12.3 Å². The van der Waals surface area contributed by atoms with Gasteiger partial charge in [0.05, 0.1) is 0 Å². The van der Waals surface area contributed by atoms with Crippen molar-refractivity contribution in [2.24, 2.45) is 10.4 Å². The number of aliphatic imine (C=N–C) groups is 1. The Bertz CT molecular complexity index is 316. The summed E-state index contributed by atoms with van der Waals surface area (Å²) in [6.07, 6.45) is 0. The molecule has 0 radical (unpaired) electrons. The number of nitrogens with zero attached hydrogens (tertiary/aromatic N) is 3. The van der Waals surface area contributed by atoms with Gasteiger partial charge in [-0.2, -0.15) is 0 Å². The molecule has 104 valence electrons. The van der Waals surface area contributed by atoms with Crippen molar-refractivity contribution in [1.29, 1.82) is 0 Å². The van der Waals surface area contributed by atoms with Gasteiger partial charge in [-0.15, -0.1) is 0 Å². The van der Waals surface area contributed by atoms with E-state index in [4.69, 9.17) is 0 Å². The Morgan fingerprint density at radius 3 is 2.83 bits per heavy atom. The molecule has 0 amide bonds. The molecule has 1 unspecified atom stereocenters. The molecule has 2 aliphatic rings. The van der Waals surface area contributed by atoms with Crippen molar-refractivity contribution < 1.29 is 0 Å². The standard InChI is InChI=1S/C13H26N4S/c1-13(2)9-15-12(18-10-13)14-7-11-8-16(3)5-6-17(11)4/h11H,5-10H2,1-4H3,(H,14,15). The lowest BCUT2D eigenvalue weighted by atomic mass is 9.97. The molecular formula is C13H26N4S. The van der Waals surface area contributed by atoms with Crippen LogP contribution in [0.5, 0.6) is 0 Å². The van der Waals surface area contributed by atoms with Crippen LogP contribution in [0.1, 0.15) is 13.8 Å². The number of likely N-dealkylation sites (N-methyl/N-ethyl adjacent to an activating group) is 2. The summed E-state index contributed by atoms with van der Waals surface area (Å²) in [4.78, 5) is 9.50. The van der Waals surface area contributed by atoms with Crippen LogP contribution in [0.25, 0.3) is 0 Å². The summed E-state index contributed by atoms with van der Waals surface area (Å²) in [7, 11) is 4.42. The monoisotopic (exact) mass is 270 g/mol. The second kappa shape index (κ2) is 5.80. The smallest absolute Gasteiger partial charge is 0.156 e. The molecule has 0 aromatic rings. The lowest BCUT2D eigenvalue weighted by Gasteiger charge is -2.38. The van der Waals surface area contributed by atoms with Gasteiger partial charge in [0.2, 0.25) is 0 Å². The molecule has 1 N–H and O–H groups in total. The molecule has 1 fully saturated rings. The van der Waals surface area contributed by atoms with Gasteiger partial charge in [0, 0.05) is 44.5 Å². The first-order valence-electron chi connectivity index (χ1n) is 6.76. The van der Waals surface area contributed by atoms with Crippen molar-refractivity contribution in [3.05, 3.63) is 0 Å². The third kappa shape index (κ3) is 3.87. The quantitative estimate of drug-likeness (QED) is 0.809. The van der Waals surface area contributed by atoms with Gasteiger partial charge in [-0.25, -0.2) is 0 Å². The van der Waals surface area contributed by atoms with E-state index in [-0.39, 0.29) is 0 Å². The predicted octanol–water partition coefficient (Wildman–Crippen LogP) is 0.951. The first-order valence-corrected chi connectivity index (χ1v) is 7.75. The summed E-state index contributed by atoms with van der Waals surface area (Å²) in [6.45, 7) is 10.0. The van der Waals surface area contributed by atoms with Gasteiger partial charge in [-0.1, -0.05) is 25.6 Å². The average Bonchev–Trinajstić information content (AvgIpc) is 2.32. The zero-order chi connectivity index (χ0) is 13.2. The van der Waals surface area contributed by atoms with Gasteiger partial charge in [-0.3, -0.25) is 9.89 Å². The van der Waals surface area contributed by atoms with E-state index in [2.05, 4.69) is 48.1 Å². The highest BCUT2D eigenvalue weighted by molar-refractivity contribution is 8.13. The van der Waals surface area contributed by atoms with Gasteiger partial charge in [-0.05, 0) is 19.5 Å². The Balaban J connectivity index is 1.79. The fraction of sp³-hybridized carbons (Fsp3) is 0.923. The zero-order valence-corrected chi connectivity index (χ0v) is 12.9. The highest BCUT2D eigenvalue weighted by Crippen LogP contribution is 2.26. The largest absolute Gasteiger partial charge is 0.363 e. The molecule has 0 aromatic heterocycles. The Kier molecular flexibility index (Phi) is 4.56. The van der Waals surface area contributed by atoms with Gasteiger partial charge in [0.25, 0.3) is 0 Å². The normalized spacial score (nSPS) is 30.0. The minimum absolute atomic E-state index is 0.359. The summed E-state index contributed by atoms with van der Waals surface area (Å²) in [5, 5.41) is 4.66. The lowest BCUT2D eigenvalue weighted by molar-refractivity contribution is 0.116. The average molecular weight is 270 g/mol. The maximum Gasteiger partial charge on any atom is 0.156 e. The number of thioether (sulfide) groups is 1. The maximum atomic E-state index is 4.65. The van der Waals surface area contributed by atoms with Gasteiger partial charge >= 0.3 is 0 Å². The third-order valence-electron chi connectivity index (χ3n) is 3.72. The summed E-state index contributed by atoms with van der Waals surface area (Å²) in [5.74, 6) is 1.17. The minimum atomic E-state index is 0.359. The van der Waals surface area contributed by atoms with Gasteiger partial charge in [0.1, 0.15) is 0 Å². The molecule has 2 aliphatic heterocycles. The third-order valence-corrected chi connectivity index (χ3v) is 5.19. The zero-order valence-electron chi connectivity index (χ0n) is 12.1. The molecular weight excluding hydrogens is 244 g/mol. The number of amidine groups is 1. The number of rotatable bonds is 2. The van der Waals surface area contributed by atoms with Crippen molar-refractivity contribution in [1.82, 2.24) is 15.1 Å². The van der Waals surface area contributed by atoms with E-state index in [1.807, 2.05) is 11.8 Å². The van der Waals surface area contributed by atoms with Crippen LogP contribution in [-0.2, 0) is 0 Å². The summed E-state index contributed by atoms with van der Waals surface area (Å²) >= 11 is 1.87. The molecule has 1 atom stereocenters. The van der Waals surface area contributed by atoms with Crippen LogP contribution in [0.2, 0.25) is 0 Å². The van der Waals surface area contributed by atoms with Crippen molar-refractivity contribution >= 4 is 16.9 Å². The van der Waals surface area contributed by atoms with Crippen LogP contribution in [0.3, 0.4) is 0 Å². The fourth-order valence-corrected chi connectivity index (χ4v) is 3.23. The Hall–Kier alpha value is -0.260. The van der Waals surface area contributed by atoms with E-state index in [0.717, 1.165) is 31.3 Å². The maximum absolute atomic E-state index is 4.65. The number of hydrogen-bond donors (Lipinski definition) is 1. The molecule has 0 saturated carbocycles. The Labute approximate surface area is 115 Å². The van der Waals surface area contributed by atoms with Crippen LogP contribution in [0.4, 0.5) is 0 Å². The molecule has 1 saturated heterocycles. The topological polar surface area (TPSA) is 30.9 Å². The predicted molar refractivity (Wildman–Crippen MR) is 80.5 cm³/mol. The van der Waals surface area contributed by atoms with Crippen molar-refractivity contribution in [2.45, 2.75) is 19.9 Å². The van der Waals surface area contributed by atoms with Crippen LogP contribution < -0.4 is 5.32 Å². The molecule has 0 aliphatic carbocycles.